The van der Waals surface area contributed by atoms with Crippen molar-refractivity contribution in [3.8, 4) is 16.8 Å². The predicted octanol–water partition coefficient (Wildman–Crippen LogP) is 11.5. The van der Waals surface area contributed by atoms with E-state index in [4.69, 9.17) is 0 Å². The Balaban J connectivity index is 1.39. The number of allylic oxidation sites excluding steroid dienone is 1. The summed E-state index contributed by atoms with van der Waals surface area (Å²) in [6.07, 6.45) is 0.999. The van der Waals surface area contributed by atoms with Gasteiger partial charge in [0, 0.05) is 48.1 Å². The van der Waals surface area contributed by atoms with E-state index in [2.05, 4.69) is 145 Å². The molecule has 2 heteroatoms. The Morgan fingerprint density at radius 3 is 2.26 bits per heavy atom. The summed E-state index contributed by atoms with van der Waals surface area (Å²) < 4.78 is 5.18. The lowest BCUT2D eigenvalue weighted by Gasteiger charge is -2.30. The van der Waals surface area contributed by atoms with Crippen molar-refractivity contribution < 1.29 is 0 Å². The Kier molecular flexibility index (Phi) is 5.33. The lowest BCUT2D eigenvalue weighted by molar-refractivity contribution is 0.793. The molecule has 204 valence electrons. The lowest BCUT2D eigenvalue weighted by Crippen LogP contribution is -2.14. The molecule has 1 nitrogen and oxygen atoms in total. The molecule has 0 radical (unpaired) electrons. The van der Waals surface area contributed by atoms with Crippen molar-refractivity contribution in [2.24, 2.45) is 0 Å². The molecule has 0 bridgehead atoms. The average Bonchev–Trinajstić information content (AvgIpc) is 3.60. The van der Waals surface area contributed by atoms with Gasteiger partial charge in [-0.1, -0.05) is 115 Å². The van der Waals surface area contributed by atoms with Crippen LogP contribution in [0.4, 0.5) is 0 Å². The molecule has 0 spiro atoms. The molecule has 9 rings (SSSR count). The third-order valence-corrected chi connectivity index (χ3v) is 10.6. The van der Waals surface area contributed by atoms with Gasteiger partial charge in [-0.2, -0.15) is 0 Å². The fraction of sp³-hybridized carbons (Fsp3) is 0.0732. The molecular weight excluding hydrogens is 539 g/mol. The van der Waals surface area contributed by atoms with E-state index in [1.165, 1.54) is 81.0 Å². The molecule has 0 aliphatic heterocycles. The van der Waals surface area contributed by atoms with Crippen molar-refractivity contribution in [3.05, 3.63) is 156 Å². The van der Waals surface area contributed by atoms with Gasteiger partial charge in [0.2, 0.25) is 0 Å². The van der Waals surface area contributed by atoms with Crippen LogP contribution >= 0.6 is 11.3 Å². The number of fused-ring (bicyclic) bond motifs is 11. The summed E-state index contributed by atoms with van der Waals surface area (Å²) in [6.45, 7) is 6.47. The molecule has 1 unspecified atom stereocenters. The second-order valence-corrected chi connectivity index (χ2v) is 12.8. The first-order chi connectivity index (χ1) is 21.2. The van der Waals surface area contributed by atoms with Crippen LogP contribution in [0.3, 0.4) is 0 Å². The minimum atomic E-state index is 0.285. The Labute approximate surface area is 255 Å². The summed E-state index contributed by atoms with van der Waals surface area (Å²) in [7, 11) is 0. The zero-order valence-electron chi connectivity index (χ0n) is 24.0. The molecule has 8 aromatic rings. The van der Waals surface area contributed by atoms with Gasteiger partial charge in [-0.3, -0.25) is 0 Å². The summed E-state index contributed by atoms with van der Waals surface area (Å²) in [5, 5.41) is 5.34. The van der Waals surface area contributed by atoms with Crippen LogP contribution in [0.25, 0.3) is 64.4 Å². The highest BCUT2D eigenvalue weighted by molar-refractivity contribution is 7.27. The van der Waals surface area contributed by atoms with Crippen LogP contribution in [-0.4, -0.2) is 4.57 Å². The maximum Gasteiger partial charge on any atom is 0.0555 e. The number of hydrogen-bond donors (Lipinski definition) is 0. The fourth-order valence-electron chi connectivity index (χ4n) is 7.53. The van der Waals surface area contributed by atoms with Gasteiger partial charge in [0.1, 0.15) is 0 Å². The highest BCUT2D eigenvalue weighted by Gasteiger charge is 2.30. The van der Waals surface area contributed by atoms with E-state index in [1.807, 2.05) is 11.3 Å². The third kappa shape index (κ3) is 3.51. The van der Waals surface area contributed by atoms with Gasteiger partial charge in [0.05, 0.1) is 11.0 Å². The van der Waals surface area contributed by atoms with E-state index < -0.39 is 0 Å². The normalized spacial score (nSPS) is 14.4. The number of benzene rings is 6. The van der Waals surface area contributed by atoms with Crippen LogP contribution in [-0.2, 0) is 6.42 Å². The standard InChI is InChI=1S/C41H29NS/c1-25(2)28-15-8-9-17-30(28)35-24-26-12-6-7-16-29(26)38-31(35)20-21-32-33-22-23-37-39(41(33)43-40(32)38)34-18-10-11-19-36(34)42(37)27-13-4-3-5-14-27/h3-23,35H,1,24H2,2H3. The highest BCUT2D eigenvalue weighted by Crippen LogP contribution is 2.52. The summed E-state index contributed by atoms with van der Waals surface area (Å²) in [4.78, 5) is 0. The largest absolute Gasteiger partial charge is 0.309 e. The molecule has 2 heterocycles. The number of rotatable bonds is 3. The van der Waals surface area contributed by atoms with Crippen LogP contribution in [0.2, 0.25) is 0 Å². The SMILES string of the molecule is C=C(C)c1ccccc1C1Cc2ccccc2-c2c1ccc1c2sc2c1ccc1c2c2ccccc2n1-c1ccccc1. The summed E-state index contributed by atoms with van der Waals surface area (Å²) in [5.41, 5.74) is 13.1. The summed E-state index contributed by atoms with van der Waals surface area (Å²) in [6, 6.07) is 47.0. The van der Waals surface area contributed by atoms with Crippen LogP contribution < -0.4 is 0 Å². The zero-order valence-corrected chi connectivity index (χ0v) is 24.8. The minimum absolute atomic E-state index is 0.285. The smallest absolute Gasteiger partial charge is 0.0555 e. The Morgan fingerprint density at radius 1 is 0.651 bits per heavy atom. The highest BCUT2D eigenvalue weighted by atomic mass is 32.1. The van der Waals surface area contributed by atoms with Gasteiger partial charge in [-0.25, -0.2) is 0 Å². The molecule has 0 N–H and O–H groups in total. The van der Waals surface area contributed by atoms with E-state index in [0.717, 1.165) is 12.0 Å². The first kappa shape index (κ1) is 24.7. The van der Waals surface area contributed by atoms with Crippen molar-refractivity contribution in [2.45, 2.75) is 19.3 Å². The number of aromatic nitrogens is 1. The average molecular weight is 568 g/mol. The van der Waals surface area contributed by atoms with Gasteiger partial charge in [0.15, 0.2) is 0 Å². The molecule has 6 aromatic carbocycles. The molecule has 2 aromatic heterocycles. The molecule has 1 atom stereocenters. The quantitative estimate of drug-likeness (QED) is 0.200. The molecule has 1 aliphatic carbocycles. The van der Waals surface area contributed by atoms with Crippen LogP contribution in [0.1, 0.15) is 35.1 Å². The number of nitrogens with zero attached hydrogens (tertiary/aromatic N) is 1. The molecule has 43 heavy (non-hydrogen) atoms. The Bertz CT molecular complexity index is 2400. The van der Waals surface area contributed by atoms with Crippen molar-refractivity contribution in [3.63, 3.8) is 0 Å². The van der Waals surface area contributed by atoms with Gasteiger partial charge in [-0.15, -0.1) is 11.3 Å². The van der Waals surface area contributed by atoms with Crippen LogP contribution in [0.5, 0.6) is 0 Å². The van der Waals surface area contributed by atoms with E-state index in [0.29, 0.717) is 0 Å². The maximum absolute atomic E-state index is 4.34. The predicted molar refractivity (Wildman–Crippen MR) is 186 cm³/mol. The van der Waals surface area contributed by atoms with Gasteiger partial charge < -0.3 is 4.57 Å². The monoisotopic (exact) mass is 567 g/mol. The minimum Gasteiger partial charge on any atom is -0.309 e. The van der Waals surface area contributed by atoms with Gasteiger partial charge in [0.25, 0.3) is 0 Å². The molecule has 0 fully saturated rings. The van der Waals surface area contributed by atoms with E-state index in [1.54, 1.807) is 0 Å². The van der Waals surface area contributed by atoms with Crippen molar-refractivity contribution >= 4 is 58.9 Å². The first-order valence-electron chi connectivity index (χ1n) is 15.0. The van der Waals surface area contributed by atoms with E-state index in [-0.39, 0.29) is 5.92 Å². The summed E-state index contributed by atoms with van der Waals surface area (Å²) >= 11 is 1.97. The second-order valence-electron chi connectivity index (χ2n) is 11.8. The number of thiophene rings is 1. The lowest BCUT2D eigenvalue weighted by atomic mass is 9.74. The van der Waals surface area contributed by atoms with Gasteiger partial charge >= 0.3 is 0 Å². The van der Waals surface area contributed by atoms with Gasteiger partial charge in [-0.05, 0) is 65.4 Å². The molecule has 0 saturated carbocycles. The van der Waals surface area contributed by atoms with Crippen LogP contribution in [0.15, 0.2) is 134 Å². The topological polar surface area (TPSA) is 4.93 Å². The maximum atomic E-state index is 4.34. The molecular formula is C41H29NS. The zero-order chi connectivity index (χ0) is 28.7. The Hall–Kier alpha value is -4.92. The van der Waals surface area contributed by atoms with E-state index in [9.17, 15) is 0 Å². The first-order valence-corrected chi connectivity index (χ1v) is 15.8. The van der Waals surface area contributed by atoms with E-state index >= 15 is 0 Å². The van der Waals surface area contributed by atoms with Crippen molar-refractivity contribution in [2.75, 3.05) is 0 Å². The Morgan fingerprint density at radius 2 is 1.37 bits per heavy atom. The van der Waals surface area contributed by atoms with Crippen molar-refractivity contribution in [1.29, 1.82) is 0 Å². The molecule has 1 aliphatic rings. The van der Waals surface area contributed by atoms with Crippen molar-refractivity contribution in [1.82, 2.24) is 4.57 Å². The molecule has 0 saturated heterocycles. The van der Waals surface area contributed by atoms with Crippen LogP contribution in [0, 0.1) is 0 Å². The number of para-hydroxylation sites is 2. The molecule has 0 amide bonds. The third-order valence-electron chi connectivity index (χ3n) is 9.37. The fourth-order valence-corrected chi connectivity index (χ4v) is 8.95. The summed E-state index contributed by atoms with van der Waals surface area (Å²) in [5.74, 6) is 0.285. The number of hydrogen-bond acceptors (Lipinski definition) is 1. The second kappa shape index (κ2) is 9.29.